The molecular formula is C14H20ClNO4S. The molecule has 1 aromatic carbocycles. The van der Waals surface area contributed by atoms with Crippen LogP contribution in [0.2, 0.25) is 5.02 Å². The van der Waals surface area contributed by atoms with Crippen molar-refractivity contribution in [2.75, 3.05) is 25.7 Å². The second-order valence-electron chi connectivity index (χ2n) is 5.08. The summed E-state index contributed by atoms with van der Waals surface area (Å²) in [6, 6.07) is 3.90. The molecule has 0 spiro atoms. The third kappa shape index (κ3) is 4.02. The van der Waals surface area contributed by atoms with Gasteiger partial charge in [-0.2, -0.15) is 0 Å². The fourth-order valence-corrected chi connectivity index (χ4v) is 4.21. The second-order valence-corrected chi connectivity index (χ2v) is 7.76. The molecule has 1 aromatic rings. The number of benzene rings is 1. The lowest BCUT2D eigenvalue weighted by molar-refractivity contribution is 0.354. The van der Waals surface area contributed by atoms with Gasteiger partial charge >= 0.3 is 0 Å². The molecular weight excluding hydrogens is 314 g/mol. The van der Waals surface area contributed by atoms with E-state index in [9.17, 15) is 8.42 Å². The minimum atomic E-state index is -2.83. The summed E-state index contributed by atoms with van der Waals surface area (Å²) in [5, 5.41) is 3.88. The van der Waals surface area contributed by atoms with Crippen molar-refractivity contribution < 1.29 is 17.9 Å². The van der Waals surface area contributed by atoms with Gasteiger partial charge in [-0.3, -0.25) is 0 Å². The monoisotopic (exact) mass is 333 g/mol. The van der Waals surface area contributed by atoms with Crippen LogP contribution < -0.4 is 14.8 Å². The third-order valence-corrected chi connectivity index (χ3v) is 5.83. The first kappa shape index (κ1) is 16.4. The zero-order chi connectivity index (χ0) is 15.5. The van der Waals surface area contributed by atoms with Crippen LogP contribution in [0, 0.1) is 0 Å². The van der Waals surface area contributed by atoms with Gasteiger partial charge in [-0.15, -0.1) is 0 Å². The predicted molar refractivity (Wildman–Crippen MR) is 83.1 cm³/mol. The maximum Gasteiger partial charge on any atom is 0.179 e. The molecule has 0 atom stereocenters. The Hall–Kier alpha value is -0.980. The maximum atomic E-state index is 11.4. The van der Waals surface area contributed by atoms with E-state index in [0.29, 0.717) is 35.9 Å². The highest BCUT2D eigenvalue weighted by atomic mass is 35.5. The molecule has 1 aliphatic heterocycles. The second kappa shape index (κ2) is 6.85. The third-order valence-electron chi connectivity index (χ3n) is 3.70. The van der Waals surface area contributed by atoms with Crippen LogP contribution in [-0.4, -0.2) is 40.2 Å². The molecule has 0 unspecified atom stereocenters. The van der Waals surface area contributed by atoms with Crippen molar-refractivity contribution in [2.45, 2.75) is 25.4 Å². The molecule has 0 aromatic heterocycles. The van der Waals surface area contributed by atoms with Gasteiger partial charge in [0, 0.05) is 12.6 Å². The molecule has 1 saturated heterocycles. The predicted octanol–water partition coefficient (Wildman–Crippen LogP) is 2.02. The van der Waals surface area contributed by atoms with E-state index >= 15 is 0 Å². The minimum Gasteiger partial charge on any atom is -0.493 e. The van der Waals surface area contributed by atoms with Gasteiger partial charge in [0.25, 0.3) is 0 Å². The van der Waals surface area contributed by atoms with Gasteiger partial charge in [-0.25, -0.2) is 8.42 Å². The Balaban J connectivity index is 2.01. The highest BCUT2D eigenvalue weighted by Crippen LogP contribution is 2.37. The highest BCUT2D eigenvalue weighted by Gasteiger charge is 2.23. The Morgan fingerprint density at radius 2 is 1.90 bits per heavy atom. The van der Waals surface area contributed by atoms with Crippen molar-refractivity contribution in [3.63, 3.8) is 0 Å². The van der Waals surface area contributed by atoms with Gasteiger partial charge in [-0.1, -0.05) is 17.7 Å². The Labute approximate surface area is 130 Å². The van der Waals surface area contributed by atoms with Crippen molar-refractivity contribution in [2.24, 2.45) is 0 Å². The zero-order valence-electron chi connectivity index (χ0n) is 12.2. The van der Waals surface area contributed by atoms with E-state index in [0.717, 1.165) is 5.56 Å². The summed E-state index contributed by atoms with van der Waals surface area (Å²) in [6.45, 7) is 0.573. The van der Waals surface area contributed by atoms with Gasteiger partial charge in [0.2, 0.25) is 0 Å². The summed E-state index contributed by atoms with van der Waals surface area (Å²) in [6.07, 6.45) is 1.29. The highest BCUT2D eigenvalue weighted by molar-refractivity contribution is 7.91. The Morgan fingerprint density at radius 3 is 2.48 bits per heavy atom. The van der Waals surface area contributed by atoms with Crippen LogP contribution in [0.5, 0.6) is 11.5 Å². The number of halogens is 1. The van der Waals surface area contributed by atoms with E-state index in [1.165, 1.54) is 0 Å². The first-order valence-electron chi connectivity index (χ1n) is 6.80. The van der Waals surface area contributed by atoms with Crippen molar-refractivity contribution in [1.82, 2.24) is 5.32 Å². The average Bonchev–Trinajstić information content (AvgIpc) is 2.46. The van der Waals surface area contributed by atoms with Crippen LogP contribution in [0.3, 0.4) is 0 Å². The number of sulfone groups is 1. The SMILES string of the molecule is COc1ccc(CNC2CCS(=O)(=O)CC2)c(Cl)c1OC. The van der Waals surface area contributed by atoms with E-state index < -0.39 is 9.84 Å². The molecule has 0 radical (unpaired) electrons. The first-order chi connectivity index (χ1) is 9.96. The minimum absolute atomic E-state index is 0.206. The molecule has 118 valence electrons. The molecule has 21 heavy (non-hydrogen) atoms. The molecule has 1 heterocycles. The topological polar surface area (TPSA) is 64.6 Å². The number of ether oxygens (including phenoxy) is 2. The summed E-state index contributed by atoms with van der Waals surface area (Å²) in [4.78, 5) is 0. The van der Waals surface area contributed by atoms with E-state index in [4.69, 9.17) is 21.1 Å². The molecule has 1 aliphatic rings. The lowest BCUT2D eigenvalue weighted by Gasteiger charge is -2.23. The number of rotatable bonds is 5. The number of nitrogens with one attached hydrogen (secondary N) is 1. The van der Waals surface area contributed by atoms with Gasteiger partial charge in [-0.05, 0) is 24.5 Å². The normalized spacial score (nSPS) is 18.4. The number of methoxy groups -OCH3 is 2. The number of hydrogen-bond acceptors (Lipinski definition) is 5. The van der Waals surface area contributed by atoms with Crippen LogP contribution in [0.4, 0.5) is 0 Å². The van der Waals surface area contributed by atoms with Crippen LogP contribution in [0.1, 0.15) is 18.4 Å². The molecule has 5 nitrogen and oxygen atoms in total. The average molecular weight is 334 g/mol. The fourth-order valence-electron chi connectivity index (χ4n) is 2.42. The molecule has 0 amide bonds. The quantitative estimate of drug-likeness (QED) is 0.893. The van der Waals surface area contributed by atoms with Crippen LogP contribution >= 0.6 is 11.6 Å². The first-order valence-corrected chi connectivity index (χ1v) is 9.00. The van der Waals surface area contributed by atoms with Gasteiger partial charge in [0.15, 0.2) is 11.5 Å². The van der Waals surface area contributed by atoms with E-state index in [1.54, 1.807) is 14.2 Å². The van der Waals surface area contributed by atoms with Crippen molar-refractivity contribution in [3.05, 3.63) is 22.7 Å². The standard InChI is InChI=1S/C14H20ClNO4S/c1-19-12-4-3-10(13(15)14(12)20-2)9-16-11-5-7-21(17,18)8-6-11/h3-4,11,16H,5-9H2,1-2H3. The Kier molecular flexibility index (Phi) is 5.35. The number of hydrogen-bond donors (Lipinski definition) is 1. The Morgan fingerprint density at radius 1 is 1.24 bits per heavy atom. The molecule has 1 N–H and O–H groups in total. The molecule has 0 aliphatic carbocycles. The summed E-state index contributed by atoms with van der Waals surface area (Å²) in [5.74, 6) is 1.62. The summed E-state index contributed by atoms with van der Waals surface area (Å²) < 4.78 is 33.3. The van der Waals surface area contributed by atoms with Crippen LogP contribution in [0.25, 0.3) is 0 Å². The van der Waals surface area contributed by atoms with E-state index in [-0.39, 0.29) is 17.5 Å². The van der Waals surface area contributed by atoms with Gasteiger partial charge in [0.05, 0.1) is 30.7 Å². The van der Waals surface area contributed by atoms with Crippen molar-refractivity contribution in [1.29, 1.82) is 0 Å². The maximum absolute atomic E-state index is 11.4. The van der Waals surface area contributed by atoms with Crippen molar-refractivity contribution in [3.8, 4) is 11.5 Å². The molecule has 0 bridgehead atoms. The van der Waals surface area contributed by atoms with Crippen LogP contribution in [-0.2, 0) is 16.4 Å². The van der Waals surface area contributed by atoms with Gasteiger partial charge in [0.1, 0.15) is 9.84 Å². The summed E-state index contributed by atoms with van der Waals surface area (Å²) >= 11 is 6.31. The lowest BCUT2D eigenvalue weighted by atomic mass is 10.1. The smallest absolute Gasteiger partial charge is 0.179 e. The van der Waals surface area contributed by atoms with E-state index in [2.05, 4.69) is 5.32 Å². The van der Waals surface area contributed by atoms with Crippen LogP contribution in [0.15, 0.2) is 12.1 Å². The zero-order valence-corrected chi connectivity index (χ0v) is 13.8. The summed E-state index contributed by atoms with van der Waals surface area (Å²) in [7, 11) is 0.284. The molecule has 7 heteroatoms. The molecule has 2 rings (SSSR count). The van der Waals surface area contributed by atoms with E-state index in [1.807, 2.05) is 12.1 Å². The molecule has 1 fully saturated rings. The summed E-state index contributed by atoms with van der Waals surface area (Å²) in [5.41, 5.74) is 0.905. The van der Waals surface area contributed by atoms with Crippen molar-refractivity contribution >= 4 is 21.4 Å². The largest absolute Gasteiger partial charge is 0.493 e. The Bertz CT molecular complexity index is 589. The lowest BCUT2D eigenvalue weighted by Crippen LogP contribution is -2.37. The van der Waals surface area contributed by atoms with Gasteiger partial charge < -0.3 is 14.8 Å². The fraction of sp³-hybridized carbons (Fsp3) is 0.571. The molecule has 0 saturated carbocycles.